The van der Waals surface area contributed by atoms with Gasteiger partial charge in [-0.05, 0) is 44.2 Å². The molecule has 10 heteroatoms. The first kappa shape index (κ1) is 23.2. The summed E-state index contributed by atoms with van der Waals surface area (Å²) < 4.78 is 33.5. The second-order valence-electron chi connectivity index (χ2n) is 8.37. The third-order valence-corrected chi connectivity index (χ3v) is 7.71. The van der Waals surface area contributed by atoms with Crippen molar-refractivity contribution in [2.24, 2.45) is 0 Å². The summed E-state index contributed by atoms with van der Waals surface area (Å²) in [5.41, 5.74) is 0.844. The number of ether oxygens (including phenoxy) is 1. The molecule has 1 aromatic carbocycles. The van der Waals surface area contributed by atoms with Crippen molar-refractivity contribution in [3.63, 3.8) is 0 Å². The van der Waals surface area contributed by atoms with Crippen LogP contribution in [0.25, 0.3) is 0 Å². The Morgan fingerprint density at radius 2 is 1.79 bits per heavy atom. The van der Waals surface area contributed by atoms with Crippen LogP contribution < -0.4 is 4.90 Å². The van der Waals surface area contributed by atoms with Crippen LogP contribution in [0.1, 0.15) is 29.8 Å². The number of benzene rings is 1. The molecule has 0 aliphatic carbocycles. The van der Waals surface area contributed by atoms with Gasteiger partial charge in [-0.25, -0.2) is 13.4 Å². The number of nitriles is 1. The SMILES string of the molecule is CC1CN(S(=O)(=O)c2cccc(C(=O)N3CCN(c4ncccc4C#N)CC3)c2)CC(C)O1. The highest BCUT2D eigenvalue weighted by Gasteiger charge is 2.33. The molecule has 174 valence electrons. The molecule has 2 aliphatic heterocycles. The van der Waals surface area contributed by atoms with Gasteiger partial charge in [0.25, 0.3) is 5.91 Å². The molecule has 2 saturated heterocycles. The second-order valence-corrected chi connectivity index (χ2v) is 10.3. The minimum absolute atomic E-state index is 0.112. The average molecular weight is 470 g/mol. The number of anilines is 1. The minimum atomic E-state index is -3.73. The third-order valence-electron chi connectivity index (χ3n) is 5.88. The van der Waals surface area contributed by atoms with Crippen LogP contribution in [-0.4, -0.2) is 80.0 Å². The van der Waals surface area contributed by atoms with Gasteiger partial charge in [0.15, 0.2) is 0 Å². The van der Waals surface area contributed by atoms with Crippen molar-refractivity contribution in [3.05, 3.63) is 53.7 Å². The number of sulfonamides is 1. The van der Waals surface area contributed by atoms with Crippen LogP contribution in [0, 0.1) is 11.3 Å². The lowest BCUT2D eigenvalue weighted by atomic mass is 10.1. The fourth-order valence-corrected chi connectivity index (χ4v) is 5.94. The maximum absolute atomic E-state index is 13.2. The predicted molar refractivity (Wildman–Crippen MR) is 122 cm³/mol. The highest BCUT2D eigenvalue weighted by molar-refractivity contribution is 7.89. The number of hydrogen-bond donors (Lipinski definition) is 0. The highest BCUT2D eigenvalue weighted by atomic mass is 32.2. The van der Waals surface area contributed by atoms with Crippen LogP contribution in [0.5, 0.6) is 0 Å². The van der Waals surface area contributed by atoms with E-state index < -0.39 is 10.0 Å². The Bertz CT molecular complexity index is 1160. The number of hydrogen-bond acceptors (Lipinski definition) is 7. The first-order chi connectivity index (χ1) is 15.8. The van der Waals surface area contributed by atoms with Gasteiger partial charge in [0.2, 0.25) is 10.0 Å². The van der Waals surface area contributed by atoms with E-state index in [9.17, 15) is 18.5 Å². The maximum atomic E-state index is 13.2. The zero-order chi connectivity index (χ0) is 23.6. The summed E-state index contributed by atoms with van der Waals surface area (Å²) >= 11 is 0. The summed E-state index contributed by atoms with van der Waals surface area (Å²) in [4.78, 5) is 21.3. The Kier molecular flexibility index (Phi) is 6.65. The lowest BCUT2D eigenvalue weighted by Gasteiger charge is -2.36. The zero-order valence-electron chi connectivity index (χ0n) is 18.7. The summed E-state index contributed by atoms with van der Waals surface area (Å²) in [6, 6.07) is 11.8. The quantitative estimate of drug-likeness (QED) is 0.671. The van der Waals surface area contributed by atoms with E-state index in [1.165, 1.54) is 16.4 Å². The molecular formula is C23H27N5O4S. The van der Waals surface area contributed by atoms with Crippen molar-refractivity contribution >= 4 is 21.7 Å². The molecule has 4 rings (SSSR count). The summed E-state index contributed by atoms with van der Waals surface area (Å²) in [5, 5.41) is 9.31. The van der Waals surface area contributed by atoms with Gasteiger partial charge >= 0.3 is 0 Å². The van der Waals surface area contributed by atoms with Crippen molar-refractivity contribution in [1.82, 2.24) is 14.2 Å². The smallest absolute Gasteiger partial charge is 0.254 e. The van der Waals surface area contributed by atoms with Gasteiger partial charge in [-0.1, -0.05) is 6.07 Å². The van der Waals surface area contributed by atoms with Gasteiger partial charge in [-0.3, -0.25) is 4.79 Å². The van der Waals surface area contributed by atoms with Crippen LogP contribution in [-0.2, 0) is 14.8 Å². The molecule has 0 bridgehead atoms. The molecule has 0 spiro atoms. The number of pyridine rings is 1. The summed E-state index contributed by atoms with van der Waals surface area (Å²) in [7, 11) is -3.73. The number of aromatic nitrogens is 1. The highest BCUT2D eigenvalue weighted by Crippen LogP contribution is 2.23. The molecule has 2 aliphatic rings. The van der Waals surface area contributed by atoms with E-state index in [1.54, 1.807) is 35.4 Å². The molecular weight excluding hydrogens is 442 g/mol. The van der Waals surface area contributed by atoms with Crippen LogP contribution >= 0.6 is 0 Å². The molecule has 0 saturated carbocycles. The van der Waals surface area contributed by atoms with E-state index >= 15 is 0 Å². The summed E-state index contributed by atoms with van der Waals surface area (Å²) in [6.07, 6.45) is 1.27. The van der Waals surface area contributed by atoms with Gasteiger partial charge in [0.05, 0.1) is 22.7 Å². The molecule has 0 N–H and O–H groups in total. The Labute approximate surface area is 194 Å². The monoisotopic (exact) mass is 469 g/mol. The fraction of sp³-hybridized carbons (Fsp3) is 0.435. The molecule has 1 amide bonds. The molecule has 2 unspecified atom stereocenters. The molecule has 33 heavy (non-hydrogen) atoms. The van der Waals surface area contributed by atoms with Gasteiger partial charge in [0.1, 0.15) is 11.9 Å². The van der Waals surface area contributed by atoms with Gasteiger partial charge in [-0.2, -0.15) is 9.57 Å². The average Bonchev–Trinajstić information content (AvgIpc) is 2.83. The van der Waals surface area contributed by atoms with Crippen LogP contribution in [0.3, 0.4) is 0 Å². The second kappa shape index (κ2) is 9.47. The van der Waals surface area contributed by atoms with Gasteiger partial charge in [0, 0.05) is 51.0 Å². The number of rotatable bonds is 4. The Balaban J connectivity index is 1.47. The van der Waals surface area contributed by atoms with Crippen molar-refractivity contribution in [2.45, 2.75) is 31.0 Å². The molecule has 0 radical (unpaired) electrons. The summed E-state index contributed by atoms with van der Waals surface area (Å²) in [6.45, 7) is 6.25. The number of nitrogens with zero attached hydrogens (tertiary/aromatic N) is 5. The number of carbonyl (C=O) groups is 1. The molecule has 2 fully saturated rings. The molecule has 1 aromatic heterocycles. The Hall–Kier alpha value is -3.00. The van der Waals surface area contributed by atoms with E-state index in [2.05, 4.69) is 11.1 Å². The van der Waals surface area contributed by atoms with E-state index in [0.717, 1.165) is 0 Å². The van der Waals surface area contributed by atoms with Crippen molar-refractivity contribution in [2.75, 3.05) is 44.2 Å². The van der Waals surface area contributed by atoms with Crippen LogP contribution in [0.15, 0.2) is 47.5 Å². The standard InChI is InChI=1S/C23H27N5O4S/c1-17-15-28(16-18(2)32-17)33(30,31)21-7-3-5-19(13-21)23(29)27-11-9-26(10-12-27)22-20(14-24)6-4-8-25-22/h3-8,13,17-18H,9-12,15-16H2,1-2H3. The van der Waals surface area contributed by atoms with Crippen LogP contribution in [0.4, 0.5) is 5.82 Å². The largest absolute Gasteiger partial charge is 0.373 e. The molecule has 2 atom stereocenters. The van der Waals surface area contributed by atoms with Crippen molar-refractivity contribution in [1.29, 1.82) is 5.26 Å². The number of piperazine rings is 1. The number of morpholine rings is 1. The van der Waals surface area contributed by atoms with E-state index in [-0.39, 0.29) is 36.1 Å². The fourth-order valence-electron chi connectivity index (χ4n) is 4.31. The Morgan fingerprint density at radius 1 is 1.09 bits per heavy atom. The zero-order valence-corrected chi connectivity index (χ0v) is 19.5. The normalized spacial score (nSPS) is 22.1. The van der Waals surface area contributed by atoms with E-state index in [1.807, 2.05) is 18.7 Å². The van der Waals surface area contributed by atoms with Crippen LogP contribution in [0.2, 0.25) is 0 Å². The number of carbonyl (C=O) groups excluding carboxylic acids is 1. The molecule has 9 nitrogen and oxygen atoms in total. The predicted octanol–water partition coefficient (Wildman–Crippen LogP) is 1.71. The van der Waals surface area contributed by atoms with Crippen molar-refractivity contribution < 1.29 is 17.9 Å². The lowest BCUT2D eigenvalue weighted by molar-refractivity contribution is -0.0440. The molecule has 3 heterocycles. The van der Waals surface area contributed by atoms with Gasteiger partial charge in [-0.15, -0.1) is 0 Å². The van der Waals surface area contributed by atoms with Crippen molar-refractivity contribution in [3.8, 4) is 6.07 Å². The van der Waals surface area contributed by atoms with E-state index in [0.29, 0.717) is 43.1 Å². The first-order valence-corrected chi connectivity index (χ1v) is 12.4. The van der Waals surface area contributed by atoms with Gasteiger partial charge < -0.3 is 14.5 Å². The number of amides is 1. The first-order valence-electron chi connectivity index (χ1n) is 10.9. The Morgan fingerprint density at radius 3 is 2.45 bits per heavy atom. The minimum Gasteiger partial charge on any atom is -0.373 e. The van der Waals surface area contributed by atoms with E-state index in [4.69, 9.17) is 4.74 Å². The summed E-state index contributed by atoms with van der Waals surface area (Å²) in [5.74, 6) is 0.408. The maximum Gasteiger partial charge on any atom is 0.254 e. The topological polar surface area (TPSA) is 107 Å². The molecule has 2 aromatic rings. The third kappa shape index (κ3) is 4.85. The lowest BCUT2D eigenvalue weighted by Crippen LogP contribution is -2.49.